The smallest absolute Gasteiger partial charge is 0.268 e. The number of carbonyl (C=O) groups excluding carboxylic acids is 1. The number of hydrogen-bond donors (Lipinski definition) is 2. The molecule has 0 spiro atoms. The molecule has 0 bridgehead atoms. The molecule has 8 heteroatoms. The summed E-state index contributed by atoms with van der Waals surface area (Å²) in [5.41, 5.74) is 2.08. The number of amides is 1. The number of carbonyl (C=O) groups is 1. The highest BCUT2D eigenvalue weighted by Crippen LogP contribution is 2.28. The summed E-state index contributed by atoms with van der Waals surface area (Å²) < 4.78 is 33.0. The molecule has 2 aromatic rings. The van der Waals surface area contributed by atoms with Gasteiger partial charge in [0.15, 0.2) is 0 Å². The topological polar surface area (TPSA) is 91.5 Å². The van der Waals surface area contributed by atoms with Crippen LogP contribution in [-0.2, 0) is 16.6 Å². The van der Waals surface area contributed by atoms with Crippen molar-refractivity contribution in [2.24, 2.45) is 0 Å². The summed E-state index contributed by atoms with van der Waals surface area (Å²) >= 11 is 0. The predicted molar refractivity (Wildman–Crippen MR) is 107 cm³/mol. The van der Waals surface area contributed by atoms with Crippen LogP contribution in [0, 0.1) is 13.8 Å². The van der Waals surface area contributed by atoms with Gasteiger partial charge < -0.3 is 15.0 Å². The van der Waals surface area contributed by atoms with E-state index in [9.17, 15) is 13.2 Å². The molecule has 1 saturated heterocycles. The zero-order valence-corrected chi connectivity index (χ0v) is 17.4. The van der Waals surface area contributed by atoms with Crippen molar-refractivity contribution < 1.29 is 17.9 Å². The van der Waals surface area contributed by atoms with Gasteiger partial charge in [-0.3, -0.25) is 4.79 Å². The summed E-state index contributed by atoms with van der Waals surface area (Å²) in [5, 5.41) is 2.84. The van der Waals surface area contributed by atoms with Crippen LogP contribution in [0.1, 0.15) is 46.6 Å². The van der Waals surface area contributed by atoms with Gasteiger partial charge in [0, 0.05) is 30.9 Å². The van der Waals surface area contributed by atoms with Crippen molar-refractivity contribution in [3.05, 3.63) is 46.8 Å². The van der Waals surface area contributed by atoms with Gasteiger partial charge in [0.2, 0.25) is 10.0 Å². The molecular formula is C20H27N3O4S. The normalized spacial score (nSPS) is 15.4. The SMILES string of the molecule is COc1ccccc1CNC(=O)c1[nH]c(C)c(S(=O)(=O)N2CCCCC2)c1C. The molecule has 28 heavy (non-hydrogen) atoms. The molecule has 1 aliphatic rings. The molecule has 1 aromatic carbocycles. The molecule has 2 heterocycles. The Balaban J connectivity index is 1.82. The van der Waals surface area contributed by atoms with Gasteiger partial charge in [-0.2, -0.15) is 4.31 Å². The van der Waals surface area contributed by atoms with Crippen molar-refractivity contribution in [1.82, 2.24) is 14.6 Å². The van der Waals surface area contributed by atoms with Crippen LogP contribution in [0.3, 0.4) is 0 Å². The molecule has 1 amide bonds. The molecule has 1 aromatic heterocycles. The summed E-state index contributed by atoms with van der Waals surface area (Å²) in [6, 6.07) is 7.44. The number of methoxy groups -OCH3 is 1. The van der Waals surface area contributed by atoms with Crippen molar-refractivity contribution in [3.8, 4) is 5.75 Å². The highest BCUT2D eigenvalue weighted by atomic mass is 32.2. The number of piperidine rings is 1. The third kappa shape index (κ3) is 3.93. The van der Waals surface area contributed by atoms with Crippen molar-refractivity contribution in [2.45, 2.75) is 44.6 Å². The van der Waals surface area contributed by atoms with Crippen LogP contribution in [0.15, 0.2) is 29.2 Å². The first-order valence-electron chi connectivity index (χ1n) is 9.45. The lowest BCUT2D eigenvalue weighted by molar-refractivity contribution is 0.0945. The summed E-state index contributed by atoms with van der Waals surface area (Å²) in [6.45, 7) is 4.72. The fourth-order valence-electron chi connectivity index (χ4n) is 3.69. The Morgan fingerprint density at radius 3 is 2.54 bits per heavy atom. The van der Waals surface area contributed by atoms with E-state index >= 15 is 0 Å². The molecule has 152 valence electrons. The van der Waals surface area contributed by atoms with Gasteiger partial charge in [0.1, 0.15) is 16.3 Å². The number of nitrogens with one attached hydrogen (secondary N) is 2. The fraction of sp³-hybridized carbons (Fsp3) is 0.450. The first kappa shape index (κ1) is 20.4. The third-order valence-electron chi connectivity index (χ3n) is 5.14. The minimum absolute atomic E-state index is 0.219. The average Bonchev–Trinajstić information content (AvgIpc) is 3.01. The lowest BCUT2D eigenvalue weighted by Gasteiger charge is -2.26. The standard InChI is InChI=1S/C20H27N3O4S/c1-14-18(20(24)21-13-16-9-5-6-10-17(16)27-3)22-15(2)19(14)28(25,26)23-11-7-4-8-12-23/h5-6,9-10,22H,4,7-8,11-13H2,1-3H3,(H,21,24). The Labute approximate surface area is 166 Å². The Morgan fingerprint density at radius 2 is 1.86 bits per heavy atom. The number of sulfonamides is 1. The van der Waals surface area contributed by atoms with Crippen LogP contribution in [0.2, 0.25) is 0 Å². The number of hydrogen-bond acceptors (Lipinski definition) is 4. The van der Waals surface area contributed by atoms with Gasteiger partial charge >= 0.3 is 0 Å². The number of benzene rings is 1. The summed E-state index contributed by atoms with van der Waals surface area (Å²) in [6.07, 6.45) is 2.79. The number of rotatable bonds is 6. The summed E-state index contributed by atoms with van der Waals surface area (Å²) in [7, 11) is -2.03. The van der Waals surface area contributed by atoms with E-state index in [4.69, 9.17) is 4.74 Å². The molecule has 0 saturated carbocycles. The van der Waals surface area contributed by atoms with E-state index in [0.717, 1.165) is 24.8 Å². The monoisotopic (exact) mass is 405 g/mol. The van der Waals surface area contributed by atoms with Crippen molar-refractivity contribution >= 4 is 15.9 Å². The predicted octanol–water partition coefficient (Wildman–Crippen LogP) is 2.74. The largest absolute Gasteiger partial charge is 0.496 e. The Hall–Kier alpha value is -2.32. The van der Waals surface area contributed by atoms with Crippen LogP contribution in [0.25, 0.3) is 0 Å². The molecule has 1 fully saturated rings. The Kier molecular flexibility index (Phi) is 6.10. The van der Waals surface area contributed by atoms with Gasteiger partial charge in [0.05, 0.1) is 7.11 Å². The molecule has 0 aliphatic carbocycles. The first-order valence-corrected chi connectivity index (χ1v) is 10.9. The van der Waals surface area contributed by atoms with Crippen LogP contribution in [-0.4, -0.2) is 43.8 Å². The summed E-state index contributed by atoms with van der Waals surface area (Å²) in [4.78, 5) is 15.9. The Bertz CT molecular complexity index is 960. The van der Waals surface area contributed by atoms with Gasteiger partial charge in [-0.15, -0.1) is 0 Å². The average molecular weight is 406 g/mol. The van der Waals surface area contributed by atoms with Crippen molar-refractivity contribution in [2.75, 3.05) is 20.2 Å². The van der Waals surface area contributed by atoms with E-state index in [1.165, 1.54) is 4.31 Å². The molecule has 0 radical (unpaired) electrons. The quantitative estimate of drug-likeness (QED) is 0.773. The van der Waals surface area contributed by atoms with Crippen LogP contribution < -0.4 is 10.1 Å². The molecule has 2 N–H and O–H groups in total. The molecule has 3 rings (SSSR count). The van der Waals surface area contributed by atoms with E-state index in [0.29, 0.717) is 30.1 Å². The minimum Gasteiger partial charge on any atom is -0.496 e. The van der Waals surface area contributed by atoms with Gasteiger partial charge in [0.25, 0.3) is 5.91 Å². The highest BCUT2D eigenvalue weighted by molar-refractivity contribution is 7.89. The number of H-pyrrole nitrogens is 1. The number of aryl methyl sites for hydroxylation is 1. The van der Waals surface area contributed by atoms with Crippen LogP contribution >= 0.6 is 0 Å². The maximum Gasteiger partial charge on any atom is 0.268 e. The molecule has 7 nitrogen and oxygen atoms in total. The van der Waals surface area contributed by atoms with Crippen LogP contribution in [0.5, 0.6) is 5.75 Å². The van der Waals surface area contributed by atoms with Gasteiger partial charge in [-0.25, -0.2) is 8.42 Å². The summed E-state index contributed by atoms with van der Waals surface area (Å²) in [5.74, 6) is 0.349. The number of aromatic nitrogens is 1. The molecule has 0 atom stereocenters. The van der Waals surface area contributed by atoms with Crippen molar-refractivity contribution in [1.29, 1.82) is 0 Å². The number of nitrogens with zero attached hydrogens (tertiary/aromatic N) is 1. The highest BCUT2D eigenvalue weighted by Gasteiger charge is 2.32. The minimum atomic E-state index is -3.61. The third-order valence-corrected chi connectivity index (χ3v) is 7.31. The Morgan fingerprint density at radius 1 is 1.18 bits per heavy atom. The van der Waals surface area contributed by atoms with E-state index in [1.54, 1.807) is 21.0 Å². The zero-order valence-electron chi connectivity index (χ0n) is 16.5. The number of ether oxygens (including phenoxy) is 1. The fourth-order valence-corrected chi connectivity index (χ4v) is 5.62. The van der Waals surface area contributed by atoms with E-state index in [-0.39, 0.29) is 23.0 Å². The zero-order chi connectivity index (χ0) is 20.3. The second kappa shape index (κ2) is 8.36. The van der Waals surface area contributed by atoms with Gasteiger partial charge in [-0.1, -0.05) is 24.6 Å². The van der Waals surface area contributed by atoms with Crippen LogP contribution in [0.4, 0.5) is 0 Å². The van der Waals surface area contributed by atoms with E-state index in [2.05, 4.69) is 10.3 Å². The second-order valence-electron chi connectivity index (χ2n) is 7.04. The maximum absolute atomic E-state index is 13.1. The van der Waals surface area contributed by atoms with E-state index < -0.39 is 10.0 Å². The molecular weight excluding hydrogens is 378 g/mol. The first-order chi connectivity index (χ1) is 13.4. The number of aromatic amines is 1. The van der Waals surface area contributed by atoms with Crippen molar-refractivity contribution in [3.63, 3.8) is 0 Å². The molecule has 1 aliphatic heterocycles. The van der Waals surface area contributed by atoms with E-state index in [1.807, 2.05) is 24.3 Å². The lowest BCUT2D eigenvalue weighted by Crippen LogP contribution is -2.36. The molecule has 0 unspecified atom stereocenters. The number of para-hydroxylation sites is 1. The second-order valence-corrected chi connectivity index (χ2v) is 8.91. The lowest BCUT2D eigenvalue weighted by atomic mass is 10.2. The van der Waals surface area contributed by atoms with Gasteiger partial charge in [-0.05, 0) is 38.3 Å². The maximum atomic E-state index is 13.1.